The minimum Gasteiger partial charge on any atom is -0.147 e. The molecule has 4 heteroatoms. The van der Waals surface area contributed by atoms with E-state index in [1.54, 1.807) is 7.11 Å². The molecule has 1 aromatic rings. The van der Waals surface area contributed by atoms with E-state index in [1.807, 2.05) is 0 Å². The van der Waals surface area contributed by atoms with Crippen molar-refractivity contribution in [3.63, 3.8) is 0 Å². The summed E-state index contributed by atoms with van der Waals surface area (Å²) in [5, 5.41) is 0. The van der Waals surface area contributed by atoms with Crippen molar-refractivity contribution in [1.29, 1.82) is 0 Å². The predicted molar refractivity (Wildman–Crippen MR) is 100 cm³/mol. The number of halogens is 1. The van der Waals surface area contributed by atoms with E-state index in [1.165, 1.54) is 15.0 Å². The number of hydrogen-bond donors (Lipinski definition) is 0. The summed E-state index contributed by atoms with van der Waals surface area (Å²) in [6.45, 7) is 13.4. The largest absolute Gasteiger partial charge is 0.147 e. The van der Waals surface area contributed by atoms with Crippen molar-refractivity contribution < 1.29 is 27.6 Å². The normalized spacial score (nSPS) is 14.0. The quantitative estimate of drug-likeness (QED) is 0.599. The van der Waals surface area contributed by atoms with Crippen LogP contribution in [0.1, 0.15) is 59.1 Å². The molecule has 0 amide bonds. The number of methoxy groups -OCH3 is 1. The van der Waals surface area contributed by atoms with Gasteiger partial charge >= 0.3 is 150 Å². The van der Waals surface area contributed by atoms with Gasteiger partial charge in [-0.1, -0.05) is 0 Å². The van der Waals surface area contributed by atoms with Gasteiger partial charge in [-0.25, -0.2) is 0 Å². The molecule has 0 aliphatic heterocycles. The maximum Gasteiger partial charge on any atom is -0.147 e. The van der Waals surface area contributed by atoms with Crippen LogP contribution in [0.25, 0.3) is 0 Å². The van der Waals surface area contributed by atoms with Crippen LogP contribution in [0.4, 0.5) is 0 Å². The standard InChI is InChI=1S/C15H24O2.C5H5.ClH.Ti/c1-14(2,3)11-8-10(17-7)9-12(13(11)16)15(4,5)6;1-2-4-5-3-1;;/h8-9,16H,1-7H3;1-3H,4H2;1H;/q;;;+1/p-1. The molecule has 0 radical (unpaired) electrons. The summed E-state index contributed by atoms with van der Waals surface area (Å²) in [5.74, 6) is 1.98. The van der Waals surface area contributed by atoms with Gasteiger partial charge in [0.2, 0.25) is 0 Å². The van der Waals surface area contributed by atoms with Gasteiger partial charge in [0.15, 0.2) is 0 Å². The summed E-state index contributed by atoms with van der Waals surface area (Å²) in [7, 11) is 1.73. The zero-order valence-corrected chi connectivity index (χ0v) is 18.2. The Morgan fingerprint density at radius 1 is 0.958 bits per heavy atom. The molecule has 0 saturated heterocycles. The van der Waals surface area contributed by atoms with E-state index in [4.69, 9.17) is 8.06 Å². The summed E-state index contributed by atoms with van der Waals surface area (Å²) in [6, 6.07) is 4.27. The molecule has 1 aliphatic rings. The van der Waals surface area contributed by atoms with Crippen molar-refractivity contribution in [1.82, 2.24) is 0 Å². The van der Waals surface area contributed by atoms with Gasteiger partial charge in [-0.15, -0.1) is 12.4 Å². The molecule has 0 saturated carbocycles. The minimum absolute atomic E-state index is 0. The number of rotatable bonds is 4. The number of allylic oxidation sites excluding steroid dienone is 4. The van der Waals surface area contributed by atoms with E-state index in [0.29, 0.717) is 0 Å². The molecule has 0 N–H and O–H groups in total. The maximum atomic E-state index is 6.47. The van der Waals surface area contributed by atoms with Crippen molar-refractivity contribution in [3.8, 4) is 11.5 Å². The predicted octanol–water partition coefficient (Wildman–Crippen LogP) is 5.93. The molecule has 1 aromatic carbocycles. The van der Waals surface area contributed by atoms with Crippen LogP contribution >= 0.6 is 12.4 Å². The minimum atomic E-state index is -0.593. The first kappa shape index (κ1) is 21.3. The van der Waals surface area contributed by atoms with Crippen LogP contribution in [0.3, 0.4) is 0 Å². The van der Waals surface area contributed by atoms with Gasteiger partial charge in [0.25, 0.3) is 0 Å². The van der Waals surface area contributed by atoms with Crippen molar-refractivity contribution in [2.75, 3.05) is 7.11 Å². The van der Waals surface area contributed by atoms with Crippen molar-refractivity contribution >= 4 is 12.4 Å². The Bertz CT molecular complexity index is 599. The fourth-order valence-corrected chi connectivity index (χ4v) is 3.86. The Labute approximate surface area is 162 Å². The van der Waals surface area contributed by atoms with E-state index in [0.717, 1.165) is 17.9 Å². The average molecular weight is 385 g/mol. The van der Waals surface area contributed by atoms with Gasteiger partial charge in [-0.2, -0.15) is 0 Å². The molecule has 2 nitrogen and oxygen atoms in total. The van der Waals surface area contributed by atoms with Crippen LogP contribution in [-0.4, -0.2) is 7.11 Å². The third-order valence-corrected chi connectivity index (χ3v) is 5.44. The molecular formula is C20H29ClO2Ti. The monoisotopic (exact) mass is 384 g/mol. The van der Waals surface area contributed by atoms with Crippen LogP contribution in [0, 0.1) is 0 Å². The second-order valence-corrected chi connectivity index (χ2v) is 9.72. The molecule has 0 spiro atoms. The van der Waals surface area contributed by atoms with Crippen LogP contribution in [-0.2, 0) is 30.4 Å². The van der Waals surface area contributed by atoms with Crippen molar-refractivity contribution in [2.45, 2.75) is 58.8 Å². The van der Waals surface area contributed by atoms with Gasteiger partial charge < -0.3 is 0 Å². The van der Waals surface area contributed by atoms with Gasteiger partial charge in [0, 0.05) is 0 Å². The summed E-state index contributed by atoms with van der Waals surface area (Å²) in [5.41, 5.74) is 2.49. The Kier molecular flexibility index (Phi) is 7.22. The van der Waals surface area contributed by atoms with E-state index >= 15 is 0 Å². The second-order valence-electron chi connectivity index (χ2n) is 8.08. The number of ether oxygens (including phenoxy) is 1. The topological polar surface area (TPSA) is 18.5 Å². The molecule has 1 aliphatic carbocycles. The molecule has 0 heterocycles. The summed E-state index contributed by atoms with van der Waals surface area (Å²) in [4.78, 5) is 0. The van der Waals surface area contributed by atoms with Gasteiger partial charge in [0.1, 0.15) is 0 Å². The Morgan fingerprint density at radius 2 is 1.50 bits per heavy atom. The SMILES string of the molecule is COc1cc(C(C)(C)C)c([O][Ti][C]2=CC=CC2)c(C(C)(C)C)c1.Cl. The Balaban J connectivity index is 0.00000288. The van der Waals surface area contributed by atoms with E-state index in [2.05, 4.69) is 71.9 Å². The van der Waals surface area contributed by atoms with Crippen LogP contribution in [0.5, 0.6) is 11.5 Å². The van der Waals surface area contributed by atoms with E-state index in [-0.39, 0.29) is 23.2 Å². The third kappa shape index (κ3) is 5.15. The van der Waals surface area contributed by atoms with Gasteiger partial charge in [-0.3, -0.25) is 0 Å². The second kappa shape index (κ2) is 8.12. The molecule has 0 bridgehead atoms. The molecule has 0 unspecified atom stereocenters. The van der Waals surface area contributed by atoms with Gasteiger partial charge in [0.05, 0.1) is 0 Å². The fraction of sp³-hybridized carbons (Fsp3) is 0.500. The number of hydrogen-bond acceptors (Lipinski definition) is 2. The Hall–Kier alpha value is -0.696. The zero-order chi connectivity index (χ0) is 17.3. The number of benzene rings is 1. The molecule has 0 fully saturated rings. The third-order valence-electron chi connectivity index (χ3n) is 3.97. The van der Waals surface area contributed by atoms with Gasteiger partial charge in [-0.05, 0) is 0 Å². The molecule has 0 aromatic heterocycles. The molecule has 0 atom stereocenters. The first-order chi connectivity index (χ1) is 10.6. The van der Waals surface area contributed by atoms with Crippen LogP contribution in [0.15, 0.2) is 34.2 Å². The maximum absolute atomic E-state index is 6.47. The first-order valence-corrected chi connectivity index (χ1v) is 9.56. The van der Waals surface area contributed by atoms with E-state index in [9.17, 15) is 0 Å². The first-order valence-electron chi connectivity index (χ1n) is 8.14. The van der Waals surface area contributed by atoms with E-state index < -0.39 is 19.5 Å². The molecule has 2 rings (SSSR count). The summed E-state index contributed by atoms with van der Waals surface area (Å²) >= 11 is -0.593. The molecule has 132 valence electrons. The Morgan fingerprint density at radius 3 is 1.88 bits per heavy atom. The smallest absolute Gasteiger partial charge is 0.147 e. The van der Waals surface area contributed by atoms with Crippen LogP contribution < -0.4 is 8.06 Å². The molecular weight excluding hydrogens is 356 g/mol. The summed E-state index contributed by atoms with van der Waals surface area (Å²) < 4.78 is 13.5. The average Bonchev–Trinajstić information content (AvgIpc) is 2.95. The fourth-order valence-electron chi connectivity index (χ4n) is 2.58. The molecule has 24 heavy (non-hydrogen) atoms. The van der Waals surface area contributed by atoms with Crippen molar-refractivity contribution in [2.24, 2.45) is 0 Å². The van der Waals surface area contributed by atoms with Crippen molar-refractivity contribution in [3.05, 3.63) is 45.4 Å². The summed E-state index contributed by atoms with van der Waals surface area (Å²) in [6.07, 6.45) is 7.58. The zero-order valence-electron chi connectivity index (χ0n) is 15.8. The van der Waals surface area contributed by atoms with Crippen LogP contribution in [0.2, 0.25) is 0 Å².